The zero-order chi connectivity index (χ0) is 18.4. The Balaban J connectivity index is 1.61. The molecule has 0 atom stereocenters. The first-order valence-corrected chi connectivity index (χ1v) is 10.1. The molecule has 6 nitrogen and oxygen atoms in total. The largest absolute Gasteiger partial charge is 0.497 e. The van der Waals surface area contributed by atoms with Crippen molar-refractivity contribution in [3.05, 3.63) is 30.6 Å². The fourth-order valence-electron chi connectivity index (χ4n) is 3.32. The number of carbonyl (C=O) groups is 1. The summed E-state index contributed by atoms with van der Waals surface area (Å²) in [5, 5.41) is 8.89. The summed E-state index contributed by atoms with van der Waals surface area (Å²) in [5.74, 6) is 1.34. The van der Waals surface area contributed by atoms with E-state index in [0.717, 1.165) is 29.4 Å². The van der Waals surface area contributed by atoms with Crippen LogP contribution in [0.2, 0.25) is 0 Å². The van der Waals surface area contributed by atoms with Gasteiger partial charge in [0.25, 0.3) is 0 Å². The molecule has 0 aliphatic heterocycles. The summed E-state index contributed by atoms with van der Waals surface area (Å²) in [5.41, 5.74) is 0.947. The highest BCUT2D eigenvalue weighted by Gasteiger charge is 2.21. The van der Waals surface area contributed by atoms with Crippen LogP contribution in [-0.2, 0) is 4.79 Å². The number of rotatable bonds is 6. The molecule has 140 valence electrons. The molecule has 7 heteroatoms. The summed E-state index contributed by atoms with van der Waals surface area (Å²) in [6.07, 6.45) is 8.94. The minimum absolute atomic E-state index is 0.159. The Hall–Kier alpha value is -2.02. The second-order valence-corrected chi connectivity index (χ2v) is 7.56. The van der Waals surface area contributed by atoms with E-state index in [4.69, 9.17) is 4.74 Å². The van der Waals surface area contributed by atoms with Crippen molar-refractivity contribution in [2.75, 3.05) is 19.9 Å². The van der Waals surface area contributed by atoms with E-state index in [2.05, 4.69) is 10.2 Å². The van der Waals surface area contributed by atoms with Crippen LogP contribution in [-0.4, -0.2) is 51.5 Å². The summed E-state index contributed by atoms with van der Waals surface area (Å²) >= 11 is 1.43. The van der Waals surface area contributed by atoms with Crippen molar-refractivity contribution in [1.29, 1.82) is 0 Å². The maximum absolute atomic E-state index is 12.6. The third-order valence-corrected chi connectivity index (χ3v) is 5.89. The zero-order valence-corrected chi connectivity index (χ0v) is 16.2. The number of carbonyl (C=O) groups excluding carboxylic acids is 1. The van der Waals surface area contributed by atoms with Crippen LogP contribution in [0.4, 0.5) is 0 Å². The Labute approximate surface area is 158 Å². The van der Waals surface area contributed by atoms with Gasteiger partial charge in [-0.25, -0.2) is 0 Å². The van der Waals surface area contributed by atoms with Gasteiger partial charge in [0, 0.05) is 18.8 Å². The predicted octanol–water partition coefficient (Wildman–Crippen LogP) is 3.55. The summed E-state index contributed by atoms with van der Waals surface area (Å²) < 4.78 is 7.08. The van der Waals surface area contributed by atoms with Crippen LogP contribution in [0.3, 0.4) is 0 Å². The molecule has 1 heterocycles. The summed E-state index contributed by atoms with van der Waals surface area (Å²) in [4.78, 5) is 14.5. The first-order valence-electron chi connectivity index (χ1n) is 9.12. The summed E-state index contributed by atoms with van der Waals surface area (Å²) in [6.45, 7) is 0. The van der Waals surface area contributed by atoms with Crippen molar-refractivity contribution >= 4 is 17.7 Å². The molecule has 0 N–H and O–H groups in total. The van der Waals surface area contributed by atoms with E-state index in [1.54, 1.807) is 13.4 Å². The molecule has 3 rings (SSSR count). The molecule has 0 radical (unpaired) electrons. The van der Waals surface area contributed by atoms with Gasteiger partial charge in [-0.3, -0.25) is 9.36 Å². The maximum atomic E-state index is 12.6. The average Bonchev–Trinajstić information content (AvgIpc) is 2.98. The number of hydrogen-bond donors (Lipinski definition) is 0. The number of nitrogens with zero attached hydrogens (tertiary/aromatic N) is 4. The molecular formula is C19H26N4O2S. The highest BCUT2D eigenvalue weighted by atomic mass is 32.2. The van der Waals surface area contributed by atoms with Crippen LogP contribution in [0.15, 0.2) is 35.7 Å². The van der Waals surface area contributed by atoms with E-state index in [0.29, 0.717) is 11.8 Å². The van der Waals surface area contributed by atoms with Crippen LogP contribution in [0.5, 0.6) is 5.75 Å². The lowest BCUT2D eigenvalue weighted by Gasteiger charge is -2.27. The van der Waals surface area contributed by atoms with Crippen LogP contribution in [0, 0.1) is 0 Å². The van der Waals surface area contributed by atoms with Gasteiger partial charge >= 0.3 is 0 Å². The first-order chi connectivity index (χ1) is 12.7. The van der Waals surface area contributed by atoms with E-state index in [-0.39, 0.29) is 5.91 Å². The highest BCUT2D eigenvalue weighted by Crippen LogP contribution is 2.24. The molecule has 1 fully saturated rings. The fourth-order valence-corrected chi connectivity index (χ4v) is 4.17. The van der Waals surface area contributed by atoms with E-state index < -0.39 is 0 Å². The van der Waals surface area contributed by atoms with E-state index in [9.17, 15) is 4.79 Å². The van der Waals surface area contributed by atoms with Gasteiger partial charge in [0.05, 0.1) is 12.9 Å². The third-order valence-electron chi connectivity index (χ3n) is 4.96. The monoisotopic (exact) mass is 374 g/mol. The third kappa shape index (κ3) is 4.58. The Bertz CT molecular complexity index is 709. The number of hydrogen-bond acceptors (Lipinski definition) is 5. The molecule has 1 aromatic carbocycles. The second-order valence-electron chi connectivity index (χ2n) is 6.62. The molecule has 1 aliphatic rings. The topological polar surface area (TPSA) is 60.2 Å². The van der Waals surface area contributed by atoms with Crippen molar-refractivity contribution in [2.24, 2.45) is 0 Å². The molecule has 0 bridgehead atoms. The highest BCUT2D eigenvalue weighted by molar-refractivity contribution is 7.99. The van der Waals surface area contributed by atoms with Gasteiger partial charge in [-0.2, -0.15) is 0 Å². The van der Waals surface area contributed by atoms with Crippen molar-refractivity contribution in [1.82, 2.24) is 19.7 Å². The van der Waals surface area contributed by atoms with Crippen molar-refractivity contribution in [2.45, 2.75) is 49.7 Å². The number of benzene rings is 1. The predicted molar refractivity (Wildman–Crippen MR) is 103 cm³/mol. The fraction of sp³-hybridized carbons (Fsp3) is 0.526. The molecule has 1 aliphatic carbocycles. The Morgan fingerprint density at radius 1 is 1.23 bits per heavy atom. The maximum Gasteiger partial charge on any atom is 0.233 e. The number of aromatic nitrogens is 3. The van der Waals surface area contributed by atoms with Gasteiger partial charge in [-0.05, 0) is 37.1 Å². The molecule has 1 saturated carbocycles. The molecule has 0 spiro atoms. The minimum Gasteiger partial charge on any atom is -0.497 e. The average molecular weight is 375 g/mol. The molecule has 26 heavy (non-hydrogen) atoms. The molecule has 2 aromatic rings. The summed E-state index contributed by atoms with van der Waals surface area (Å²) in [7, 11) is 3.58. The van der Waals surface area contributed by atoms with Gasteiger partial charge in [0.1, 0.15) is 12.1 Å². The van der Waals surface area contributed by atoms with Crippen LogP contribution in [0.1, 0.15) is 38.5 Å². The number of thioether (sulfide) groups is 1. The Morgan fingerprint density at radius 2 is 1.92 bits per heavy atom. The van der Waals surface area contributed by atoms with Crippen LogP contribution >= 0.6 is 11.8 Å². The second kappa shape index (κ2) is 9.07. The molecule has 1 aromatic heterocycles. The van der Waals surface area contributed by atoms with E-state index >= 15 is 0 Å². The number of methoxy groups -OCH3 is 1. The van der Waals surface area contributed by atoms with Crippen molar-refractivity contribution in [3.63, 3.8) is 0 Å². The summed E-state index contributed by atoms with van der Waals surface area (Å²) in [6, 6.07) is 8.08. The van der Waals surface area contributed by atoms with Gasteiger partial charge in [-0.15, -0.1) is 10.2 Å². The molecule has 1 amide bonds. The van der Waals surface area contributed by atoms with Crippen LogP contribution in [0.25, 0.3) is 5.69 Å². The van der Waals surface area contributed by atoms with E-state index in [1.165, 1.54) is 37.4 Å². The lowest BCUT2D eigenvalue weighted by Crippen LogP contribution is -2.37. The lowest BCUT2D eigenvalue weighted by atomic mass is 10.1. The normalized spacial score (nSPS) is 15.5. The van der Waals surface area contributed by atoms with E-state index in [1.807, 2.05) is 40.8 Å². The number of amides is 1. The van der Waals surface area contributed by atoms with Crippen LogP contribution < -0.4 is 4.74 Å². The number of ether oxygens (including phenoxy) is 1. The van der Waals surface area contributed by atoms with Crippen molar-refractivity contribution in [3.8, 4) is 11.4 Å². The van der Waals surface area contributed by atoms with Gasteiger partial charge in [-0.1, -0.05) is 37.4 Å². The SMILES string of the molecule is COc1ccc(-n2cnnc2SCC(=O)N(C)C2CCCCCC2)cc1. The smallest absolute Gasteiger partial charge is 0.233 e. The standard InChI is InChI=1S/C19H26N4O2S/c1-22(15-7-5-3-4-6-8-15)18(24)13-26-19-21-20-14-23(19)16-9-11-17(25-2)12-10-16/h9-12,14-15H,3-8,13H2,1-2H3. The molecule has 0 unspecified atom stereocenters. The van der Waals surface area contributed by atoms with Gasteiger partial charge in [0.2, 0.25) is 5.91 Å². The minimum atomic E-state index is 0.159. The Kier molecular flexibility index (Phi) is 6.55. The van der Waals surface area contributed by atoms with Gasteiger partial charge in [0.15, 0.2) is 5.16 Å². The molecular weight excluding hydrogens is 348 g/mol. The Morgan fingerprint density at radius 3 is 2.58 bits per heavy atom. The zero-order valence-electron chi connectivity index (χ0n) is 15.4. The van der Waals surface area contributed by atoms with Crippen molar-refractivity contribution < 1.29 is 9.53 Å². The molecule has 0 saturated heterocycles. The first kappa shape index (κ1) is 18.8. The quantitative estimate of drug-likeness (QED) is 0.572. The van der Waals surface area contributed by atoms with Gasteiger partial charge < -0.3 is 9.64 Å². The lowest BCUT2D eigenvalue weighted by molar-refractivity contribution is -0.129.